The van der Waals surface area contributed by atoms with Crippen molar-refractivity contribution in [2.45, 2.75) is 157 Å². The molecule has 0 saturated heterocycles. The summed E-state index contributed by atoms with van der Waals surface area (Å²) in [6.07, 6.45) is 0. The van der Waals surface area contributed by atoms with Gasteiger partial charge in [0.25, 0.3) is 6.71 Å². The Hall–Kier alpha value is -8.54. The van der Waals surface area contributed by atoms with Crippen LogP contribution in [0.5, 0.6) is 0 Å². The average Bonchev–Trinajstić information content (AvgIpc) is 0.749. The third-order valence-corrected chi connectivity index (χ3v) is 19.4. The zero-order valence-corrected chi connectivity index (χ0v) is 55.8. The Morgan fingerprint density at radius 3 is 1.06 bits per heavy atom. The largest absolute Gasteiger partial charge is 0.311 e. The summed E-state index contributed by atoms with van der Waals surface area (Å²) in [6.45, 7) is 42.0. The van der Waals surface area contributed by atoms with Crippen LogP contribution < -0.4 is 26.2 Å². The van der Waals surface area contributed by atoms with Crippen molar-refractivity contribution in [1.82, 2.24) is 9.97 Å². The van der Waals surface area contributed by atoms with Crippen LogP contribution in [-0.4, -0.2) is 16.7 Å². The van der Waals surface area contributed by atoms with E-state index in [2.05, 4.69) is 322 Å². The fourth-order valence-corrected chi connectivity index (χ4v) is 13.9. The molecule has 4 nitrogen and oxygen atoms in total. The molecular weight excluding hydrogens is 1080 g/mol. The summed E-state index contributed by atoms with van der Waals surface area (Å²) in [7, 11) is 0. The lowest BCUT2D eigenvalue weighted by molar-refractivity contribution is 0.568. The summed E-state index contributed by atoms with van der Waals surface area (Å²) < 4.78 is 0. The molecule has 2 aliphatic rings. The molecule has 0 unspecified atom stereocenters. The van der Waals surface area contributed by atoms with Gasteiger partial charge in [-0.3, -0.25) is 0 Å². The molecule has 89 heavy (non-hydrogen) atoms. The molecule has 0 saturated carbocycles. The first-order valence-electron chi connectivity index (χ1n) is 32.3. The third kappa shape index (κ3) is 9.99. The summed E-state index contributed by atoms with van der Waals surface area (Å²) in [5.41, 5.74) is 21.6. The molecule has 5 heteroatoms. The molecule has 0 atom stereocenters. The fraction of sp³-hybridized carbons (Fsp3) is 0.286. The van der Waals surface area contributed by atoms with Crippen molar-refractivity contribution < 1.29 is 0 Å². The van der Waals surface area contributed by atoms with E-state index in [4.69, 9.17) is 9.97 Å². The zero-order chi connectivity index (χ0) is 62.8. The standard InChI is InChI=1S/C84H85BN4/c1-79(2,3)56-35-54(36-57(41-56)80(4,5)6)77-66-29-23-24-30-71(66)86-78(87-77)55-39-74-76-75(40-55)89(63-46-60(83(13,14)15)43-61(47-63)84(16,17)18)73-38-53-34-32-51-26-20-22-28-65(51)68(53)49-70(73)85(76)69-48-67-52(33-31-50-25-19-21-27-64(50)67)37-72(69)88(74)62-44-58(81(7,8)9)42-59(45-62)82(10,11)12/h19-49H,1-18H3. The molecule has 0 fully saturated rings. The highest BCUT2D eigenvalue weighted by Crippen LogP contribution is 2.51. The van der Waals surface area contributed by atoms with Gasteiger partial charge in [-0.15, -0.1) is 0 Å². The SMILES string of the molecule is CC(C)(C)c1cc(-c2nc(-c3cc4c5c(c3)N(c3cc(C(C)(C)C)cc(C(C)(C)C)c3)c3cc6ccc7ccccc7c6cc3B5c3cc5c(ccc6ccccc65)cc3N4c3cc(C(C)(C)C)cc(C(C)(C)C)c3)nc3ccccc23)cc(C(C)(C)C)c1. The predicted octanol–water partition coefficient (Wildman–Crippen LogP) is 21.4. The number of fused-ring (bicyclic) bond motifs is 11. The first kappa shape index (κ1) is 58.2. The summed E-state index contributed by atoms with van der Waals surface area (Å²) in [5.74, 6) is 0.692. The van der Waals surface area contributed by atoms with E-state index in [0.717, 1.165) is 50.5 Å². The van der Waals surface area contributed by atoms with Crippen molar-refractivity contribution in [3.8, 4) is 22.6 Å². The van der Waals surface area contributed by atoms with Crippen LogP contribution in [0.1, 0.15) is 158 Å². The van der Waals surface area contributed by atoms with E-state index in [9.17, 15) is 0 Å². The van der Waals surface area contributed by atoms with Gasteiger partial charge < -0.3 is 9.80 Å². The van der Waals surface area contributed by atoms with Crippen molar-refractivity contribution >= 4 is 111 Å². The number of hydrogen-bond donors (Lipinski definition) is 0. The van der Waals surface area contributed by atoms with Crippen LogP contribution >= 0.6 is 0 Å². The molecule has 0 radical (unpaired) electrons. The minimum atomic E-state index is -0.178. The van der Waals surface area contributed by atoms with Gasteiger partial charge in [-0.25, -0.2) is 9.97 Å². The first-order chi connectivity index (χ1) is 41.9. The molecule has 0 aliphatic carbocycles. The van der Waals surface area contributed by atoms with E-state index in [1.54, 1.807) is 0 Å². The second-order valence-corrected chi connectivity index (χ2v) is 32.1. The van der Waals surface area contributed by atoms with Crippen molar-refractivity contribution in [3.05, 3.63) is 221 Å². The lowest BCUT2D eigenvalue weighted by Gasteiger charge is -2.45. The Morgan fingerprint density at radius 1 is 0.292 bits per heavy atom. The Morgan fingerprint density at radius 2 is 0.652 bits per heavy atom. The maximum Gasteiger partial charge on any atom is 0.252 e. The lowest BCUT2D eigenvalue weighted by atomic mass is 9.33. The van der Waals surface area contributed by atoms with Gasteiger partial charge in [-0.1, -0.05) is 246 Å². The molecule has 1 aromatic heterocycles. The minimum Gasteiger partial charge on any atom is -0.311 e. The number of para-hydroxylation sites is 1. The Bertz CT molecular complexity index is 4600. The van der Waals surface area contributed by atoms with Crippen LogP contribution in [0.2, 0.25) is 0 Å². The Labute approximate surface area is 529 Å². The number of aromatic nitrogens is 2. The van der Waals surface area contributed by atoms with Gasteiger partial charge >= 0.3 is 0 Å². The van der Waals surface area contributed by atoms with Gasteiger partial charge in [0.1, 0.15) is 0 Å². The number of nitrogens with zero attached hydrogens (tertiary/aromatic N) is 4. The van der Waals surface area contributed by atoms with Crippen molar-refractivity contribution in [3.63, 3.8) is 0 Å². The van der Waals surface area contributed by atoms with Gasteiger partial charge in [0.05, 0.1) is 11.2 Å². The Balaban J connectivity index is 1.18. The van der Waals surface area contributed by atoms with Crippen LogP contribution in [0.25, 0.3) is 76.6 Å². The first-order valence-corrected chi connectivity index (χ1v) is 32.3. The summed E-state index contributed by atoms with van der Waals surface area (Å²) in [4.78, 5) is 16.9. The fourth-order valence-electron chi connectivity index (χ4n) is 13.9. The third-order valence-electron chi connectivity index (χ3n) is 19.4. The molecule has 14 rings (SSSR count). The van der Waals surface area contributed by atoms with Crippen molar-refractivity contribution in [2.75, 3.05) is 9.80 Å². The topological polar surface area (TPSA) is 32.3 Å². The van der Waals surface area contributed by atoms with E-state index in [1.165, 1.54) is 104 Å². The zero-order valence-electron chi connectivity index (χ0n) is 55.8. The Kier molecular flexibility index (Phi) is 13.1. The van der Waals surface area contributed by atoms with Crippen molar-refractivity contribution in [1.29, 1.82) is 0 Å². The highest BCUT2D eigenvalue weighted by atomic mass is 15.2. The average molecular weight is 1160 g/mol. The number of rotatable bonds is 4. The van der Waals surface area contributed by atoms with Gasteiger partial charge in [-0.2, -0.15) is 0 Å². The molecule has 11 aromatic carbocycles. The van der Waals surface area contributed by atoms with Crippen LogP contribution in [0.15, 0.2) is 188 Å². The highest BCUT2D eigenvalue weighted by molar-refractivity contribution is 7.00. The number of hydrogen-bond acceptors (Lipinski definition) is 4. The molecule has 444 valence electrons. The second kappa shape index (κ2) is 20.0. The molecule has 0 N–H and O–H groups in total. The van der Waals surface area contributed by atoms with Gasteiger partial charge in [0, 0.05) is 50.6 Å². The molecule has 12 aromatic rings. The monoisotopic (exact) mass is 1160 g/mol. The van der Waals surface area contributed by atoms with E-state index in [-0.39, 0.29) is 39.2 Å². The molecule has 0 amide bonds. The maximum absolute atomic E-state index is 5.91. The molecule has 3 heterocycles. The van der Waals surface area contributed by atoms with E-state index < -0.39 is 0 Å². The summed E-state index contributed by atoms with van der Waals surface area (Å²) in [5, 5.41) is 11.0. The van der Waals surface area contributed by atoms with E-state index in [1.807, 2.05) is 0 Å². The predicted molar refractivity (Wildman–Crippen MR) is 387 cm³/mol. The second-order valence-electron chi connectivity index (χ2n) is 32.1. The molecule has 2 aliphatic heterocycles. The van der Waals surface area contributed by atoms with E-state index in [0.29, 0.717) is 5.82 Å². The van der Waals surface area contributed by atoms with Gasteiger partial charge in [0.15, 0.2) is 5.82 Å². The van der Waals surface area contributed by atoms with Crippen LogP contribution in [0, 0.1) is 0 Å². The van der Waals surface area contributed by atoms with Gasteiger partial charge in [-0.05, 0) is 192 Å². The maximum atomic E-state index is 5.91. The smallest absolute Gasteiger partial charge is 0.252 e. The molecule has 0 bridgehead atoms. The normalized spacial score (nSPS) is 13.9. The van der Waals surface area contributed by atoms with Gasteiger partial charge in [0.2, 0.25) is 0 Å². The number of anilines is 6. The summed E-state index contributed by atoms with van der Waals surface area (Å²) in [6, 6.07) is 72.9. The lowest BCUT2D eigenvalue weighted by Crippen LogP contribution is -2.61. The van der Waals surface area contributed by atoms with E-state index >= 15 is 0 Å². The number of benzene rings is 11. The minimum absolute atomic E-state index is 0.0932. The quantitative estimate of drug-likeness (QED) is 0.130. The highest BCUT2D eigenvalue weighted by Gasteiger charge is 2.45. The van der Waals surface area contributed by atoms with Crippen LogP contribution in [0.3, 0.4) is 0 Å². The van der Waals surface area contributed by atoms with Crippen molar-refractivity contribution in [2.24, 2.45) is 0 Å². The summed E-state index contributed by atoms with van der Waals surface area (Å²) >= 11 is 0. The molecular formula is C84H85BN4. The molecule has 0 spiro atoms. The van der Waals surface area contributed by atoms with Crippen LogP contribution in [0.4, 0.5) is 34.1 Å². The van der Waals surface area contributed by atoms with Crippen LogP contribution in [-0.2, 0) is 32.5 Å².